The third-order valence-electron chi connectivity index (χ3n) is 4.97. The fourth-order valence-electron chi connectivity index (χ4n) is 3.76. The first-order chi connectivity index (χ1) is 14.2. The number of rotatable bonds is 11. The molecular formula is C26H40N2O2. The molecule has 0 N–H and O–H groups in total. The molecule has 0 spiro atoms. The van der Waals surface area contributed by atoms with Crippen LogP contribution in [0.1, 0.15) is 72.6 Å². The molecule has 0 atom stereocenters. The zero-order chi connectivity index (χ0) is 22.3. The monoisotopic (exact) mass is 412 g/mol. The molecule has 2 aromatic heterocycles. The molecule has 2 aromatic rings. The summed E-state index contributed by atoms with van der Waals surface area (Å²) in [5.41, 5.74) is 4.33. The van der Waals surface area contributed by atoms with Crippen molar-refractivity contribution in [2.75, 3.05) is 6.61 Å². The van der Waals surface area contributed by atoms with Gasteiger partial charge in [-0.1, -0.05) is 54.9 Å². The molecule has 0 bridgehead atoms. The van der Waals surface area contributed by atoms with E-state index in [9.17, 15) is 4.79 Å². The highest BCUT2D eigenvalue weighted by Gasteiger charge is 2.19. The number of ether oxygens (including phenoxy) is 1. The number of pyridine rings is 2. The first-order valence-electron chi connectivity index (χ1n) is 11.6. The number of aromatic nitrogens is 2. The number of hydrogen-bond acceptors (Lipinski definition) is 3. The fourth-order valence-corrected chi connectivity index (χ4v) is 3.76. The molecule has 0 aliphatic rings. The van der Waals surface area contributed by atoms with Gasteiger partial charge in [-0.3, -0.25) is 9.78 Å². The number of unbranched alkanes of at least 4 members (excludes halogenated alkanes) is 1. The zero-order valence-corrected chi connectivity index (χ0v) is 20.0. The van der Waals surface area contributed by atoms with Gasteiger partial charge in [0.15, 0.2) is 5.75 Å². The van der Waals surface area contributed by atoms with Crippen molar-refractivity contribution in [3.05, 3.63) is 46.0 Å². The van der Waals surface area contributed by atoms with E-state index in [1.54, 1.807) is 0 Å². The first kappa shape index (κ1) is 24.2. The van der Waals surface area contributed by atoms with Crippen molar-refractivity contribution in [3.8, 4) is 17.0 Å². The van der Waals surface area contributed by atoms with E-state index in [-0.39, 0.29) is 5.56 Å². The van der Waals surface area contributed by atoms with E-state index in [4.69, 9.17) is 4.74 Å². The van der Waals surface area contributed by atoms with Crippen LogP contribution in [-0.2, 0) is 19.4 Å². The van der Waals surface area contributed by atoms with Crippen LogP contribution in [0.5, 0.6) is 5.75 Å². The lowest BCUT2D eigenvalue weighted by Gasteiger charge is -2.22. The van der Waals surface area contributed by atoms with Crippen molar-refractivity contribution in [2.24, 2.45) is 17.8 Å². The van der Waals surface area contributed by atoms with Gasteiger partial charge in [-0.25, -0.2) is 0 Å². The van der Waals surface area contributed by atoms with E-state index in [0.29, 0.717) is 36.7 Å². The third-order valence-corrected chi connectivity index (χ3v) is 4.97. The van der Waals surface area contributed by atoms with E-state index >= 15 is 0 Å². The van der Waals surface area contributed by atoms with Gasteiger partial charge in [0, 0.05) is 24.0 Å². The van der Waals surface area contributed by atoms with Gasteiger partial charge in [0.05, 0.1) is 12.3 Å². The van der Waals surface area contributed by atoms with Crippen molar-refractivity contribution in [1.29, 1.82) is 0 Å². The second kappa shape index (κ2) is 11.3. The van der Waals surface area contributed by atoms with E-state index < -0.39 is 0 Å². The summed E-state index contributed by atoms with van der Waals surface area (Å²) in [6, 6.07) is 6.19. The lowest BCUT2D eigenvalue weighted by molar-refractivity contribution is 0.301. The van der Waals surface area contributed by atoms with Crippen molar-refractivity contribution < 1.29 is 4.74 Å². The average Bonchev–Trinajstić information content (AvgIpc) is 2.64. The quantitative estimate of drug-likeness (QED) is 0.416. The van der Waals surface area contributed by atoms with Gasteiger partial charge in [0.1, 0.15) is 0 Å². The Bertz CT molecular complexity index is 866. The maximum absolute atomic E-state index is 13.4. The largest absolute Gasteiger partial charge is 0.488 e. The summed E-state index contributed by atoms with van der Waals surface area (Å²) in [6.07, 6.45) is 5.71. The summed E-state index contributed by atoms with van der Waals surface area (Å²) < 4.78 is 7.89. The van der Waals surface area contributed by atoms with Gasteiger partial charge >= 0.3 is 0 Å². The molecule has 0 unspecified atom stereocenters. The minimum atomic E-state index is -0.0236. The molecule has 0 aliphatic heterocycles. The average molecular weight is 413 g/mol. The topological polar surface area (TPSA) is 44.1 Å². The van der Waals surface area contributed by atoms with Crippen molar-refractivity contribution in [1.82, 2.24) is 9.55 Å². The first-order valence-corrected chi connectivity index (χ1v) is 11.6. The minimum Gasteiger partial charge on any atom is -0.488 e. The Kier molecular flexibility index (Phi) is 9.13. The Labute approximate surface area is 182 Å². The van der Waals surface area contributed by atoms with Gasteiger partial charge in [-0.2, -0.15) is 0 Å². The maximum atomic E-state index is 13.4. The van der Waals surface area contributed by atoms with Crippen molar-refractivity contribution >= 4 is 0 Å². The van der Waals surface area contributed by atoms with Crippen molar-refractivity contribution in [2.45, 2.75) is 80.7 Å². The van der Waals surface area contributed by atoms with E-state index in [1.165, 1.54) is 5.56 Å². The summed E-state index contributed by atoms with van der Waals surface area (Å²) >= 11 is 0. The lowest BCUT2D eigenvalue weighted by Crippen LogP contribution is -2.27. The van der Waals surface area contributed by atoms with Crippen LogP contribution in [0.4, 0.5) is 0 Å². The summed E-state index contributed by atoms with van der Waals surface area (Å²) in [5, 5.41) is 0. The van der Waals surface area contributed by atoms with Gasteiger partial charge < -0.3 is 9.30 Å². The predicted molar refractivity (Wildman–Crippen MR) is 126 cm³/mol. The summed E-state index contributed by atoms with van der Waals surface area (Å²) in [7, 11) is 0. The highest BCUT2D eigenvalue weighted by Crippen LogP contribution is 2.29. The van der Waals surface area contributed by atoms with Crippen LogP contribution < -0.4 is 10.3 Å². The molecule has 0 saturated carbocycles. The summed E-state index contributed by atoms with van der Waals surface area (Å²) in [5.74, 6) is 1.86. The summed E-state index contributed by atoms with van der Waals surface area (Å²) in [6.45, 7) is 16.5. The third kappa shape index (κ3) is 6.72. The normalized spacial score (nSPS) is 11.7. The Balaban J connectivity index is 2.68. The van der Waals surface area contributed by atoms with Crippen LogP contribution in [0.2, 0.25) is 0 Å². The van der Waals surface area contributed by atoms with Crippen LogP contribution >= 0.6 is 0 Å². The standard InChI is InChI=1S/C26H40N2O2/c1-8-9-12-30-24-16-22(13-18(2)3)25(28(26(24)29)17-20(6)7)21-10-11-27-23(15-21)14-19(4)5/h10-11,15-16,18-20H,8-9,12-14,17H2,1-7H3. The van der Waals surface area contributed by atoms with Crippen LogP contribution in [0.3, 0.4) is 0 Å². The van der Waals surface area contributed by atoms with Crippen LogP contribution in [0.15, 0.2) is 29.2 Å². The molecule has 0 amide bonds. The molecule has 2 heterocycles. The second-order valence-corrected chi connectivity index (χ2v) is 9.63. The second-order valence-electron chi connectivity index (χ2n) is 9.63. The molecule has 0 radical (unpaired) electrons. The zero-order valence-electron chi connectivity index (χ0n) is 20.0. The van der Waals surface area contributed by atoms with Gasteiger partial charge in [0.25, 0.3) is 5.56 Å². The molecule has 0 saturated heterocycles. The molecule has 4 nitrogen and oxygen atoms in total. The molecular weight excluding hydrogens is 372 g/mol. The Morgan fingerprint density at radius 3 is 2.30 bits per heavy atom. The minimum absolute atomic E-state index is 0.0236. The molecule has 166 valence electrons. The van der Waals surface area contributed by atoms with Gasteiger partial charge in [-0.15, -0.1) is 0 Å². The molecule has 4 heteroatoms. The SMILES string of the molecule is CCCCOc1cc(CC(C)C)c(-c2ccnc(CC(C)C)c2)n(CC(C)C)c1=O. The highest BCUT2D eigenvalue weighted by molar-refractivity contribution is 5.65. The van der Waals surface area contributed by atoms with E-state index in [2.05, 4.69) is 59.5 Å². The highest BCUT2D eigenvalue weighted by atomic mass is 16.5. The van der Waals surface area contributed by atoms with E-state index in [0.717, 1.165) is 42.6 Å². The molecule has 30 heavy (non-hydrogen) atoms. The fraction of sp³-hybridized carbons (Fsp3) is 0.615. The van der Waals surface area contributed by atoms with Crippen LogP contribution in [-0.4, -0.2) is 16.2 Å². The van der Waals surface area contributed by atoms with Crippen molar-refractivity contribution in [3.63, 3.8) is 0 Å². The number of hydrogen-bond donors (Lipinski definition) is 0. The molecule has 0 aromatic carbocycles. The van der Waals surface area contributed by atoms with Crippen LogP contribution in [0.25, 0.3) is 11.3 Å². The van der Waals surface area contributed by atoms with Crippen LogP contribution in [0, 0.1) is 17.8 Å². The summed E-state index contributed by atoms with van der Waals surface area (Å²) in [4.78, 5) is 18.0. The predicted octanol–water partition coefficient (Wildman–Crippen LogP) is 6.14. The molecule has 0 aliphatic carbocycles. The number of nitrogens with zero attached hydrogens (tertiary/aromatic N) is 2. The van der Waals surface area contributed by atoms with Gasteiger partial charge in [-0.05, 0) is 60.8 Å². The Hall–Kier alpha value is -2.10. The van der Waals surface area contributed by atoms with E-state index in [1.807, 2.05) is 22.9 Å². The molecule has 2 rings (SSSR count). The lowest BCUT2D eigenvalue weighted by atomic mass is 9.96. The Morgan fingerprint density at radius 2 is 1.70 bits per heavy atom. The Morgan fingerprint density at radius 1 is 1.00 bits per heavy atom. The smallest absolute Gasteiger partial charge is 0.293 e. The maximum Gasteiger partial charge on any atom is 0.293 e. The van der Waals surface area contributed by atoms with Gasteiger partial charge in [0.2, 0.25) is 0 Å². The molecule has 0 fully saturated rings.